The van der Waals surface area contributed by atoms with Crippen molar-refractivity contribution < 1.29 is 14.3 Å². The quantitative estimate of drug-likeness (QED) is 0.862. The molecule has 1 amide bonds. The van der Waals surface area contributed by atoms with Gasteiger partial charge in [0.05, 0.1) is 11.5 Å². The number of benzene rings is 1. The summed E-state index contributed by atoms with van der Waals surface area (Å²) in [5.41, 5.74) is 0.632. The summed E-state index contributed by atoms with van der Waals surface area (Å²) in [6.07, 6.45) is 6.98. The zero-order chi connectivity index (χ0) is 17.1. The third kappa shape index (κ3) is 3.53. The first-order valence-electron chi connectivity index (χ1n) is 9.63. The largest absolute Gasteiger partial charge is 0.491 e. The van der Waals surface area contributed by atoms with Gasteiger partial charge in [0.2, 0.25) is 5.91 Å². The minimum Gasteiger partial charge on any atom is -0.491 e. The fraction of sp³-hybridized carbons (Fsp3) is 0.650. The molecule has 25 heavy (non-hydrogen) atoms. The first-order valence-corrected chi connectivity index (χ1v) is 9.63. The molecule has 0 aromatic heterocycles. The predicted octanol–water partition coefficient (Wildman–Crippen LogP) is 2.96. The fourth-order valence-electron chi connectivity index (χ4n) is 4.55. The molecular weight excluding hydrogens is 316 g/mol. The van der Waals surface area contributed by atoms with Crippen molar-refractivity contribution in [3.05, 3.63) is 24.3 Å². The molecule has 2 saturated heterocycles. The number of carbonyl (C=O) groups is 1. The molecule has 0 spiro atoms. The third-order valence-electron chi connectivity index (χ3n) is 6.06. The lowest BCUT2D eigenvalue weighted by atomic mass is 9.67. The molecule has 3 fully saturated rings. The summed E-state index contributed by atoms with van der Waals surface area (Å²) >= 11 is 0. The van der Waals surface area contributed by atoms with E-state index in [1.807, 2.05) is 24.3 Å². The van der Waals surface area contributed by atoms with Gasteiger partial charge in [0.1, 0.15) is 12.4 Å². The Morgan fingerprint density at radius 1 is 1.24 bits per heavy atom. The van der Waals surface area contributed by atoms with Gasteiger partial charge < -0.3 is 20.1 Å². The first kappa shape index (κ1) is 16.9. The van der Waals surface area contributed by atoms with E-state index in [2.05, 4.69) is 10.6 Å². The van der Waals surface area contributed by atoms with Crippen LogP contribution in [0.3, 0.4) is 0 Å². The Morgan fingerprint density at radius 2 is 2.12 bits per heavy atom. The number of carbonyl (C=O) groups excluding carboxylic acids is 1. The molecule has 1 aromatic carbocycles. The molecule has 2 heterocycles. The number of ether oxygens (including phenoxy) is 2. The second kappa shape index (κ2) is 7.34. The van der Waals surface area contributed by atoms with Crippen molar-refractivity contribution in [2.75, 3.05) is 31.6 Å². The highest BCUT2D eigenvalue weighted by Gasteiger charge is 2.49. The summed E-state index contributed by atoms with van der Waals surface area (Å²) in [5, 5.41) is 6.57. The fourth-order valence-corrected chi connectivity index (χ4v) is 4.55. The standard InChI is InChI=1S/C20H28N2O3/c23-19(20-10-2-1-4-15(20)12-21-14-20)22-16-6-8-17(9-7-16)25-13-18-5-3-11-24-18/h6-9,15,18,21H,1-5,10-14H2,(H,22,23)/t15-,18?,20+/m0/s1. The van der Waals surface area contributed by atoms with Crippen LogP contribution in [0.5, 0.6) is 5.75 Å². The molecule has 2 aliphatic heterocycles. The molecule has 4 rings (SSSR count). The van der Waals surface area contributed by atoms with Gasteiger partial charge in [-0.15, -0.1) is 0 Å². The van der Waals surface area contributed by atoms with Crippen LogP contribution in [0.15, 0.2) is 24.3 Å². The highest BCUT2D eigenvalue weighted by Crippen LogP contribution is 2.44. The van der Waals surface area contributed by atoms with Gasteiger partial charge in [-0.25, -0.2) is 0 Å². The molecule has 3 aliphatic rings. The van der Waals surface area contributed by atoms with Crippen LogP contribution in [0.4, 0.5) is 5.69 Å². The monoisotopic (exact) mass is 344 g/mol. The van der Waals surface area contributed by atoms with E-state index in [9.17, 15) is 4.79 Å². The van der Waals surface area contributed by atoms with Crippen LogP contribution in [0.25, 0.3) is 0 Å². The average Bonchev–Trinajstić information content (AvgIpc) is 3.31. The molecule has 3 atom stereocenters. The topological polar surface area (TPSA) is 59.6 Å². The molecule has 1 unspecified atom stereocenters. The van der Waals surface area contributed by atoms with Gasteiger partial charge >= 0.3 is 0 Å². The van der Waals surface area contributed by atoms with Gasteiger partial charge in [-0.2, -0.15) is 0 Å². The lowest BCUT2D eigenvalue weighted by molar-refractivity contribution is -0.128. The molecular formula is C20H28N2O3. The molecule has 5 heteroatoms. The molecule has 0 bridgehead atoms. The zero-order valence-corrected chi connectivity index (χ0v) is 14.8. The van der Waals surface area contributed by atoms with Crippen molar-refractivity contribution in [3.63, 3.8) is 0 Å². The van der Waals surface area contributed by atoms with Gasteiger partial charge in [-0.05, 0) is 62.4 Å². The summed E-state index contributed by atoms with van der Waals surface area (Å²) in [4.78, 5) is 13.0. The summed E-state index contributed by atoms with van der Waals surface area (Å²) < 4.78 is 11.4. The zero-order valence-electron chi connectivity index (χ0n) is 14.8. The number of anilines is 1. The van der Waals surface area contributed by atoms with Gasteiger partial charge in [0.15, 0.2) is 0 Å². The second-order valence-corrected chi connectivity index (χ2v) is 7.65. The van der Waals surface area contributed by atoms with Crippen molar-refractivity contribution >= 4 is 11.6 Å². The Labute approximate surface area is 149 Å². The van der Waals surface area contributed by atoms with Crippen LogP contribution in [0.1, 0.15) is 38.5 Å². The summed E-state index contributed by atoms with van der Waals surface area (Å²) in [5.74, 6) is 1.48. The third-order valence-corrected chi connectivity index (χ3v) is 6.06. The molecule has 5 nitrogen and oxygen atoms in total. The number of fused-ring (bicyclic) bond motifs is 1. The Balaban J connectivity index is 1.35. The SMILES string of the molecule is O=C(Nc1ccc(OCC2CCCO2)cc1)[C@@]12CCCC[C@H]1CNC2. The van der Waals surface area contributed by atoms with Crippen molar-refractivity contribution in [2.45, 2.75) is 44.6 Å². The van der Waals surface area contributed by atoms with Crippen molar-refractivity contribution in [2.24, 2.45) is 11.3 Å². The van der Waals surface area contributed by atoms with Crippen LogP contribution in [0.2, 0.25) is 0 Å². The Kier molecular flexibility index (Phi) is 4.95. The molecule has 0 radical (unpaired) electrons. The van der Waals surface area contributed by atoms with E-state index >= 15 is 0 Å². The van der Waals surface area contributed by atoms with E-state index in [1.165, 1.54) is 6.42 Å². The summed E-state index contributed by atoms with van der Waals surface area (Å²) in [6.45, 7) is 3.23. The van der Waals surface area contributed by atoms with Crippen LogP contribution in [-0.2, 0) is 9.53 Å². The summed E-state index contributed by atoms with van der Waals surface area (Å²) in [7, 11) is 0. The smallest absolute Gasteiger partial charge is 0.232 e. The van der Waals surface area contributed by atoms with E-state index in [0.717, 1.165) is 63.2 Å². The van der Waals surface area contributed by atoms with Gasteiger partial charge in [-0.1, -0.05) is 12.8 Å². The minimum absolute atomic E-state index is 0.176. The number of amides is 1. The molecule has 1 saturated carbocycles. The first-order chi connectivity index (χ1) is 12.3. The van der Waals surface area contributed by atoms with E-state index in [4.69, 9.17) is 9.47 Å². The number of rotatable bonds is 5. The Bertz CT molecular complexity index is 597. The summed E-state index contributed by atoms with van der Waals surface area (Å²) in [6, 6.07) is 7.71. The maximum atomic E-state index is 13.0. The van der Waals surface area contributed by atoms with Gasteiger partial charge in [0, 0.05) is 18.8 Å². The van der Waals surface area contributed by atoms with Crippen molar-refractivity contribution in [1.82, 2.24) is 5.32 Å². The van der Waals surface area contributed by atoms with E-state index in [1.54, 1.807) is 0 Å². The predicted molar refractivity (Wildman–Crippen MR) is 96.8 cm³/mol. The number of hydrogen-bond acceptors (Lipinski definition) is 4. The normalized spacial score (nSPS) is 31.5. The highest BCUT2D eigenvalue weighted by atomic mass is 16.5. The van der Waals surface area contributed by atoms with E-state index in [0.29, 0.717) is 12.5 Å². The molecule has 136 valence electrons. The van der Waals surface area contributed by atoms with Crippen molar-refractivity contribution in [1.29, 1.82) is 0 Å². The Hall–Kier alpha value is -1.59. The van der Waals surface area contributed by atoms with Crippen LogP contribution >= 0.6 is 0 Å². The number of nitrogens with one attached hydrogen (secondary N) is 2. The van der Waals surface area contributed by atoms with E-state index < -0.39 is 0 Å². The molecule has 1 aliphatic carbocycles. The molecule has 1 aromatic rings. The minimum atomic E-state index is -0.215. The second-order valence-electron chi connectivity index (χ2n) is 7.65. The van der Waals surface area contributed by atoms with Crippen LogP contribution < -0.4 is 15.4 Å². The van der Waals surface area contributed by atoms with Crippen LogP contribution in [0, 0.1) is 11.3 Å². The Morgan fingerprint density at radius 3 is 2.92 bits per heavy atom. The number of hydrogen-bond donors (Lipinski definition) is 2. The van der Waals surface area contributed by atoms with E-state index in [-0.39, 0.29) is 17.4 Å². The van der Waals surface area contributed by atoms with Crippen molar-refractivity contribution in [3.8, 4) is 5.75 Å². The molecule has 2 N–H and O–H groups in total. The average molecular weight is 344 g/mol. The van der Waals surface area contributed by atoms with Gasteiger partial charge in [0.25, 0.3) is 0 Å². The van der Waals surface area contributed by atoms with Gasteiger partial charge in [-0.3, -0.25) is 4.79 Å². The lowest BCUT2D eigenvalue weighted by Crippen LogP contribution is -2.44. The maximum Gasteiger partial charge on any atom is 0.232 e. The maximum absolute atomic E-state index is 13.0. The lowest BCUT2D eigenvalue weighted by Gasteiger charge is -2.37. The van der Waals surface area contributed by atoms with Crippen LogP contribution in [-0.4, -0.2) is 38.3 Å². The highest BCUT2D eigenvalue weighted by molar-refractivity contribution is 5.96.